The van der Waals surface area contributed by atoms with Crippen molar-refractivity contribution in [2.45, 2.75) is 26.0 Å². The first kappa shape index (κ1) is 18.9. The van der Waals surface area contributed by atoms with Gasteiger partial charge in [0, 0.05) is 22.5 Å². The number of carboxylic acid groups (broad SMARTS) is 1. The SMILES string of the molecule is CC(C)(NC(=O)c1sc2ccccc2c1OCc1cn2ccccc2n1)C(=O)O. The summed E-state index contributed by atoms with van der Waals surface area (Å²) in [6.07, 6.45) is 3.77. The summed E-state index contributed by atoms with van der Waals surface area (Å²) in [5, 5.41) is 12.7. The Hall–Kier alpha value is -3.39. The van der Waals surface area contributed by atoms with Crippen molar-refractivity contribution in [3.63, 3.8) is 0 Å². The van der Waals surface area contributed by atoms with E-state index in [9.17, 15) is 14.7 Å². The predicted octanol–water partition coefficient (Wildman–Crippen LogP) is 3.72. The maximum absolute atomic E-state index is 12.8. The maximum atomic E-state index is 12.8. The molecular formula is C21H19N3O4S. The van der Waals surface area contributed by atoms with Gasteiger partial charge in [0.2, 0.25) is 0 Å². The third-order valence-electron chi connectivity index (χ3n) is 4.50. The van der Waals surface area contributed by atoms with Crippen molar-refractivity contribution in [3.8, 4) is 5.75 Å². The molecule has 3 aromatic heterocycles. The molecule has 3 heterocycles. The van der Waals surface area contributed by atoms with E-state index in [1.54, 1.807) is 0 Å². The highest BCUT2D eigenvalue weighted by Gasteiger charge is 2.31. The van der Waals surface area contributed by atoms with Gasteiger partial charge in [0.05, 0.1) is 5.69 Å². The second-order valence-electron chi connectivity index (χ2n) is 7.13. The fourth-order valence-electron chi connectivity index (χ4n) is 2.91. The number of carbonyl (C=O) groups excluding carboxylic acids is 1. The van der Waals surface area contributed by atoms with Gasteiger partial charge in [-0.3, -0.25) is 4.79 Å². The number of nitrogens with zero attached hydrogens (tertiary/aromatic N) is 2. The molecule has 4 aromatic rings. The zero-order valence-electron chi connectivity index (χ0n) is 15.9. The number of carbonyl (C=O) groups is 2. The van der Waals surface area contributed by atoms with E-state index in [1.807, 2.05) is 59.3 Å². The molecule has 0 saturated heterocycles. The Kier molecular flexibility index (Phi) is 4.71. The lowest BCUT2D eigenvalue weighted by Crippen LogP contribution is -2.49. The van der Waals surface area contributed by atoms with E-state index in [-0.39, 0.29) is 6.61 Å². The van der Waals surface area contributed by atoms with Crippen LogP contribution in [0.4, 0.5) is 0 Å². The maximum Gasteiger partial charge on any atom is 0.328 e. The molecule has 0 radical (unpaired) electrons. The van der Waals surface area contributed by atoms with E-state index in [0.29, 0.717) is 10.6 Å². The van der Waals surface area contributed by atoms with Crippen molar-refractivity contribution in [1.82, 2.24) is 14.7 Å². The average Bonchev–Trinajstić information content (AvgIpc) is 3.26. The minimum absolute atomic E-state index is 0.186. The number of fused-ring (bicyclic) bond motifs is 2. The van der Waals surface area contributed by atoms with Crippen LogP contribution in [0.2, 0.25) is 0 Å². The molecule has 7 nitrogen and oxygen atoms in total. The average molecular weight is 409 g/mol. The number of hydrogen-bond acceptors (Lipinski definition) is 5. The molecule has 0 bridgehead atoms. The molecule has 4 rings (SSSR count). The molecular weight excluding hydrogens is 390 g/mol. The normalized spacial score (nSPS) is 11.7. The van der Waals surface area contributed by atoms with Crippen LogP contribution in [0.25, 0.3) is 15.7 Å². The van der Waals surface area contributed by atoms with Crippen molar-refractivity contribution in [2.75, 3.05) is 0 Å². The van der Waals surface area contributed by atoms with Gasteiger partial charge in [-0.15, -0.1) is 11.3 Å². The molecule has 0 saturated carbocycles. The molecule has 0 spiro atoms. The molecule has 1 aromatic carbocycles. The van der Waals surface area contributed by atoms with Gasteiger partial charge in [0.25, 0.3) is 5.91 Å². The van der Waals surface area contributed by atoms with Crippen LogP contribution >= 0.6 is 11.3 Å². The van der Waals surface area contributed by atoms with Crippen molar-refractivity contribution >= 4 is 38.9 Å². The van der Waals surface area contributed by atoms with Crippen LogP contribution in [0.1, 0.15) is 29.2 Å². The summed E-state index contributed by atoms with van der Waals surface area (Å²) in [6.45, 7) is 3.07. The van der Waals surface area contributed by atoms with Crippen LogP contribution in [0.15, 0.2) is 54.9 Å². The van der Waals surface area contributed by atoms with Crippen molar-refractivity contribution in [3.05, 3.63) is 65.4 Å². The van der Waals surface area contributed by atoms with Gasteiger partial charge in [0.1, 0.15) is 22.7 Å². The number of benzene rings is 1. The quantitative estimate of drug-likeness (QED) is 0.506. The Morgan fingerprint density at radius 3 is 2.72 bits per heavy atom. The van der Waals surface area contributed by atoms with E-state index in [1.165, 1.54) is 25.2 Å². The summed E-state index contributed by atoms with van der Waals surface area (Å²) >= 11 is 1.27. The van der Waals surface area contributed by atoms with E-state index in [2.05, 4.69) is 10.3 Å². The summed E-state index contributed by atoms with van der Waals surface area (Å²) in [7, 11) is 0. The highest BCUT2D eigenvalue weighted by molar-refractivity contribution is 7.21. The Morgan fingerprint density at radius 1 is 1.21 bits per heavy atom. The molecule has 8 heteroatoms. The fourth-order valence-corrected chi connectivity index (χ4v) is 3.95. The zero-order chi connectivity index (χ0) is 20.6. The molecule has 0 fully saturated rings. The second kappa shape index (κ2) is 7.21. The summed E-state index contributed by atoms with van der Waals surface area (Å²) < 4.78 is 8.81. The lowest BCUT2D eigenvalue weighted by molar-refractivity contribution is -0.143. The number of pyridine rings is 1. The smallest absolute Gasteiger partial charge is 0.328 e. The zero-order valence-corrected chi connectivity index (χ0v) is 16.7. The van der Waals surface area contributed by atoms with Crippen molar-refractivity contribution in [1.29, 1.82) is 0 Å². The first-order valence-electron chi connectivity index (χ1n) is 8.98. The lowest BCUT2D eigenvalue weighted by Gasteiger charge is -2.20. The van der Waals surface area contributed by atoms with Gasteiger partial charge in [0.15, 0.2) is 5.75 Å². The molecule has 0 unspecified atom stereocenters. The number of nitrogens with one attached hydrogen (secondary N) is 1. The van der Waals surface area contributed by atoms with E-state index in [0.717, 1.165) is 21.4 Å². The number of amides is 1. The van der Waals surface area contributed by atoms with Crippen molar-refractivity contribution in [2.24, 2.45) is 0 Å². The van der Waals surface area contributed by atoms with Gasteiger partial charge < -0.3 is 19.6 Å². The number of hydrogen-bond donors (Lipinski definition) is 2. The highest BCUT2D eigenvalue weighted by atomic mass is 32.1. The number of rotatable bonds is 6. The molecule has 148 valence electrons. The number of aliphatic carboxylic acids is 1. The Labute approximate surface area is 170 Å². The summed E-state index contributed by atoms with van der Waals surface area (Å²) in [4.78, 5) is 29.1. The summed E-state index contributed by atoms with van der Waals surface area (Å²) in [6, 6.07) is 13.3. The molecule has 2 N–H and O–H groups in total. The number of aromatic nitrogens is 2. The third-order valence-corrected chi connectivity index (χ3v) is 5.65. The van der Waals surface area contributed by atoms with Gasteiger partial charge in [-0.05, 0) is 38.1 Å². The lowest BCUT2D eigenvalue weighted by atomic mass is 10.1. The van der Waals surface area contributed by atoms with Crippen LogP contribution in [0, 0.1) is 0 Å². The molecule has 0 aliphatic carbocycles. The minimum Gasteiger partial charge on any atom is -0.485 e. The Balaban J connectivity index is 1.66. The van der Waals surface area contributed by atoms with Crippen LogP contribution in [0.5, 0.6) is 5.75 Å². The van der Waals surface area contributed by atoms with Gasteiger partial charge >= 0.3 is 5.97 Å². The number of imidazole rings is 1. The second-order valence-corrected chi connectivity index (χ2v) is 8.18. The largest absolute Gasteiger partial charge is 0.485 e. The van der Waals surface area contributed by atoms with Crippen LogP contribution in [-0.4, -0.2) is 31.9 Å². The number of thiophene rings is 1. The van der Waals surface area contributed by atoms with E-state index >= 15 is 0 Å². The van der Waals surface area contributed by atoms with Gasteiger partial charge in [-0.25, -0.2) is 9.78 Å². The van der Waals surface area contributed by atoms with E-state index in [4.69, 9.17) is 4.74 Å². The van der Waals surface area contributed by atoms with Gasteiger partial charge in [-0.1, -0.05) is 18.2 Å². The minimum atomic E-state index is -1.40. The summed E-state index contributed by atoms with van der Waals surface area (Å²) in [5.74, 6) is -1.16. The topological polar surface area (TPSA) is 92.9 Å². The molecule has 29 heavy (non-hydrogen) atoms. The first-order chi connectivity index (χ1) is 13.8. The van der Waals surface area contributed by atoms with Gasteiger partial charge in [-0.2, -0.15) is 0 Å². The third kappa shape index (κ3) is 3.66. The molecule has 0 aliphatic heterocycles. The number of ether oxygens (including phenoxy) is 1. The Bertz CT molecular complexity index is 1190. The highest BCUT2D eigenvalue weighted by Crippen LogP contribution is 2.38. The van der Waals surface area contributed by atoms with Crippen LogP contribution < -0.4 is 10.1 Å². The van der Waals surface area contributed by atoms with Crippen LogP contribution in [0.3, 0.4) is 0 Å². The molecule has 1 amide bonds. The Morgan fingerprint density at radius 2 is 1.97 bits per heavy atom. The number of carboxylic acids is 1. The fraction of sp³-hybridized carbons (Fsp3) is 0.190. The summed E-state index contributed by atoms with van der Waals surface area (Å²) in [5.41, 5.74) is 0.137. The van der Waals surface area contributed by atoms with Crippen LogP contribution in [-0.2, 0) is 11.4 Å². The standard InChI is InChI=1S/C21H19N3O4S/c1-21(2,20(26)27)23-19(25)18-17(14-7-3-4-8-15(14)29-18)28-12-13-11-24-10-6-5-9-16(24)22-13/h3-11H,12H2,1-2H3,(H,23,25)(H,26,27). The van der Waals surface area contributed by atoms with Crippen molar-refractivity contribution < 1.29 is 19.4 Å². The molecule has 0 aliphatic rings. The van der Waals surface area contributed by atoms with E-state index < -0.39 is 17.4 Å². The predicted molar refractivity (Wildman–Crippen MR) is 111 cm³/mol. The molecule has 0 atom stereocenters. The monoisotopic (exact) mass is 409 g/mol. The first-order valence-corrected chi connectivity index (χ1v) is 9.79.